The Bertz CT molecular complexity index is 446. The fourth-order valence-electron chi connectivity index (χ4n) is 2.03. The van der Waals surface area contributed by atoms with Gasteiger partial charge in [-0.2, -0.15) is 0 Å². The molecule has 22 heavy (non-hydrogen) atoms. The van der Waals surface area contributed by atoms with E-state index in [1.54, 1.807) is 0 Å². The highest BCUT2D eigenvalue weighted by Gasteiger charge is 2.15. The Kier molecular flexibility index (Phi) is 8.34. The number of aryl methyl sites for hydroxylation is 1. The molecule has 0 unspecified atom stereocenters. The molecule has 1 aromatic rings. The molecule has 122 valence electrons. The minimum Gasteiger partial charge on any atom is -0.444 e. The van der Waals surface area contributed by atoms with Crippen LogP contribution in [-0.4, -0.2) is 18.2 Å². The molecule has 3 nitrogen and oxygen atoms in total. The van der Waals surface area contributed by atoms with E-state index in [0.29, 0.717) is 6.54 Å². The summed E-state index contributed by atoms with van der Waals surface area (Å²) in [7, 11) is 0. The zero-order chi connectivity index (χ0) is 16.3. The first-order chi connectivity index (χ1) is 10.5. The van der Waals surface area contributed by atoms with Crippen molar-refractivity contribution in [3.63, 3.8) is 0 Å². The zero-order valence-corrected chi connectivity index (χ0v) is 14.1. The summed E-state index contributed by atoms with van der Waals surface area (Å²) >= 11 is 0. The molecule has 0 bridgehead atoms. The highest BCUT2D eigenvalue weighted by atomic mass is 16.6. The van der Waals surface area contributed by atoms with Crippen molar-refractivity contribution in [3.05, 3.63) is 48.0 Å². The molecule has 1 amide bonds. The topological polar surface area (TPSA) is 38.3 Å². The van der Waals surface area contributed by atoms with Crippen LogP contribution in [0.15, 0.2) is 42.5 Å². The van der Waals surface area contributed by atoms with E-state index in [9.17, 15) is 4.79 Å². The van der Waals surface area contributed by atoms with Gasteiger partial charge in [-0.1, -0.05) is 42.5 Å². The maximum atomic E-state index is 11.4. The molecule has 1 aromatic carbocycles. The number of alkyl carbamates (subject to hydrolysis) is 1. The fourth-order valence-corrected chi connectivity index (χ4v) is 2.03. The SMILES string of the molecule is CC(C)(C)OC(=O)NCCC/C=C\CCCc1ccccc1. The molecule has 3 heteroatoms. The average Bonchev–Trinajstić information content (AvgIpc) is 2.44. The number of unbranched alkanes of at least 4 members (excludes halogenated alkanes) is 2. The van der Waals surface area contributed by atoms with Gasteiger partial charge >= 0.3 is 6.09 Å². The van der Waals surface area contributed by atoms with Crippen molar-refractivity contribution in [1.29, 1.82) is 0 Å². The molecule has 0 fully saturated rings. The number of amides is 1. The van der Waals surface area contributed by atoms with E-state index in [1.165, 1.54) is 12.0 Å². The van der Waals surface area contributed by atoms with Gasteiger partial charge in [0.2, 0.25) is 0 Å². The van der Waals surface area contributed by atoms with E-state index < -0.39 is 5.60 Å². The predicted octanol–water partition coefficient (Wildman–Crippen LogP) is 4.87. The molecule has 0 aliphatic heterocycles. The molecule has 0 radical (unpaired) electrons. The van der Waals surface area contributed by atoms with Crippen molar-refractivity contribution in [2.45, 2.75) is 58.5 Å². The van der Waals surface area contributed by atoms with Gasteiger partial charge in [0, 0.05) is 6.54 Å². The number of hydrogen-bond acceptors (Lipinski definition) is 2. The number of hydrogen-bond donors (Lipinski definition) is 1. The summed E-state index contributed by atoms with van der Waals surface area (Å²) in [6.45, 7) is 6.25. The van der Waals surface area contributed by atoms with Gasteiger partial charge in [-0.25, -0.2) is 4.79 Å². The first kappa shape index (κ1) is 18.3. The highest BCUT2D eigenvalue weighted by molar-refractivity contribution is 5.67. The average molecular weight is 303 g/mol. The van der Waals surface area contributed by atoms with E-state index >= 15 is 0 Å². The third-order valence-electron chi connectivity index (χ3n) is 3.06. The predicted molar refractivity (Wildman–Crippen MR) is 92.0 cm³/mol. The van der Waals surface area contributed by atoms with Crippen LogP contribution < -0.4 is 5.32 Å². The minimum absolute atomic E-state index is 0.334. The molecule has 0 aliphatic rings. The molecular formula is C19H29NO2. The lowest BCUT2D eigenvalue weighted by Gasteiger charge is -2.19. The lowest BCUT2D eigenvalue weighted by molar-refractivity contribution is 0.0527. The molecule has 1 N–H and O–H groups in total. The number of nitrogens with one attached hydrogen (secondary N) is 1. The van der Waals surface area contributed by atoms with Crippen LogP contribution in [0.2, 0.25) is 0 Å². The Labute approximate surface area is 134 Å². The Balaban J connectivity index is 1.97. The third kappa shape index (κ3) is 10.0. The maximum absolute atomic E-state index is 11.4. The Morgan fingerprint density at radius 2 is 1.73 bits per heavy atom. The monoisotopic (exact) mass is 303 g/mol. The van der Waals surface area contributed by atoms with Gasteiger partial charge in [0.1, 0.15) is 5.60 Å². The van der Waals surface area contributed by atoms with Gasteiger partial charge in [-0.15, -0.1) is 0 Å². The van der Waals surface area contributed by atoms with E-state index in [1.807, 2.05) is 20.8 Å². The van der Waals surface area contributed by atoms with Gasteiger partial charge in [-0.3, -0.25) is 0 Å². The second-order valence-corrected chi connectivity index (χ2v) is 6.42. The van der Waals surface area contributed by atoms with Crippen LogP contribution in [0.25, 0.3) is 0 Å². The summed E-state index contributed by atoms with van der Waals surface area (Å²) in [5, 5.41) is 2.77. The standard InChI is InChI=1S/C19H29NO2/c1-19(2,3)22-18(21)20-16-12-7-5-4-6-9-13-17-14-10-8-11-15-17/h4-5,8,10-11,14-15H,6-7,9,12-13,16H2,1-3H3,(H,20,21)/b5-4-. The summed E-state index contributed by atoms with van der Waals surface area (Å²) in [6, 6.07) is 10.6. The van der Waals surface area contributed by atoms with Crippen molar-refractivity contribution in [3.8, 4) is 0 Å². The third-order valence-corrected chi connectivity index (χ3v) is 3.06. The normalized spacial score (nSPS) is 11.6. The second kappa shape index (κ2) is 10.0. The number of ether oxygens (including phenoxy) is 1. The maximum Gasteiger partial charge on any atom is 0.407 e. The summed E-state index contributed by atoms with van der Waals surface area (Å²) in [5.74, 6) is 0. The quantitative estimate of drug-likeness (QED) is 0.549. The van der Waals surface area contributed by atoms with Crippen molar-refractivity contribution >= 4 is 6.09 Å². The minimum atomic E-state index is -0.428. The number of carbonyl (C=O) groups is 1. The van der Waals surface area contributed by atoms with E-state index in [0.717, 1.165) is 25.7 Å². The zero-order valence-electron chi connectivity index (χ0n) is 14.1. The van der Waals surface area contributed by atoms with Crippen LogP contribution in [0.1, 0.15) is 52.0 Å². The van der Waals surface area contributed by atoms with Crippen LogP contribution >= 0.6 is 0 Å². The lowest BCUT2D eigenvalue weighted by Crippen LogP contribution is -2.32. The van der Waals surface area contributed by atoms with Gasteiger partial charge in [0.05, 0.1) is 0 Å². The molecule has 0 saturated carbocycles. The van der Waals surface area contributed by atoms with Gasteiger partial charge < -0.3 is 10.1 Å². The number of carbonyl (C=O) groups excluding carboxylic acids is 1. The lowest BCUT2D eigenvalue weighted by atomic mass is 10.1. The summed E-state index contributed by atoms with van der Waals surface area (Å²) in [6.07, 6.45) is 9.43. The van der Waals surface area contributed by atoms with E-state index in [-0.39, 0.29) is 6.09 Å². The molecular weight excluding hydrogens is 274 g/mol. The van der Waals surface area contributed by atoms with Gasteiger partial charge in [-0.05, 0) is 58.4 Å². The molecule has 0 saturated heterocycles. The van der Waals surface area contributed by atoms with Crippen LogP contribution in [0, 0.1) is 0 Å². The Morgan fingerprint density at radius 3 is 2.36 bits per heavy atom. The van der Waals surface area contributed by atoms with Crippen LogP contribution in [0.3, 0.4) is 0 Å². The van der Waals surface area contributed by atoms with Gasteiger partial charge in [0.15, 0.2) is 0 Å². The summed E-state index contributed by atoms with van der Waals surface area (Å²) in [5.41, 5.74) is 0.973. The summed E-state index contributed by atoms with van der Waals surface area (Å²) < 4.78 is 5.17. The molecule has 0 atom stereocenters. The van der Waals surface area contributed by atoms with Crippen LogP contribution in [0.4, 0.5) is 4.79 Å². The smallest absolute Gasteiger partial charge is 0.407 e. The second-order valence-electron chi connectivity index (χ2n) is 6.42. The molecule has 0 aliphatic carbocycles. The Morgan fingerprint density at radius 1 is 1.09 bits per heavy atom. The number of allylic oxidation sites excluding steroid dienone is 2. The van der Waals surface area contributed by atoms with Crippen LogP contribution in [-0.2, 0) is 11.2 Å². The fraction of sp³-hybridized carbons (Fsp3) is 0.526. The Hall–Kier alpha value is -1.77. The van der Waals surface area contributed by atoms with Crippen molar-refractivity contribution < 1.29 is 9.53 Å². The largest absolute Gasteiger partial charge is 0.444 e. The highest BCUT2D eigenvalue weighted by Crippen LogP contribution is 2.07. The number of benzene rings is 1. The molecule has 1 rings (SSSR count). The van der Waals surface area contributed by atoms with E-state index in [4.69, 9.17) is 4.74 Å². The first-order valence-corrected chi connectivity index (χ1v) is 8.13. The molecule has 0 heterocycles. The molecule has 0 spiro atoms. The molecule has 0 aromatic heterocycles. The van der Waals surface area contributed by atoms with Gasteiger partial charge in [0.25, 0.3) is 0 Å². The van der Waals surface area contributed by atoms with Crippen molar-refractivity contribution in [1.82, 2.24) is 5.32 Å². The number of rotatable bonds is 8. The van der Waals surface area contributed by atoms with Crippen molar-refractivity contribution in [2.75, 3.05) is 6.54 Å². The van der Waals surface area contributed by atoms with Crippen LogP contribution in [0.5, 0.6) is 0 Å². The van der Waals surface area contributed by atoms with Crippen molar-refractivity contribution in [2.24, 2.45) is 0 Å². The first-order valence-electron chi connectivity index (χ1n) is 8.13. The van der Waals surface area contributed by atoms with E-state index in [2.05, 4.69) is 47.8 Å². The summed E-state index contributed by atoms with van der Waals surface area (Å²) in [4.78, 5) is 11.4.